The summed E-state index contributed by atoms with van der Waals surface area (Å²) >= 11 is 0. The Morgan fingerprint density at radius 1 is 1.07 bits per heavy atom. The summed E-state index contributed by atoms with van der Waals surface area (Å²) in [7, 11) is 0. The van der Waals surface area contributed by atoms with Crippen molar-refractivity contribution in [2.75, 3.05) is 13.1 Å². The minimum absolute atomic E-state index is 0. The number of benzene rings is 1. The number of likely N-dealkylation sites (tertiary alicyclic amines) is 1. The van der Waals surface area contributed by atoms with Gasteiger partial charge in [0.05, 0.1) is 11.8 Å². The third-order valence-electron chi connectivity index (χ3n) is 5.78. The maximum atomic E-state index is 12.4. The highest BCUT2D eigenvalue weighted by molar-refractivity contribution is 6.07. The lowest BCUT2D eigenvalue weighted by molar-refractivity contribution is -0.143. The Labute approximate surface area is 172 Å². The molecule has 1 aliphatic carbocycles. The van der Waals surface area contributed by atoms with Crippen LogP contribution < -0.4 is 11.1 Å². The van der Waals surface area contributed by atoms with Crippen molar-refractivity contribution in [3.05, 3.63) is 35.4 Å². The SMILES string of the molecule is CC(C)c1ccc(C(N)CNC(=O)CN2C(=O)C3CCCCC3C2=O)cc1.Cl. The van der Waals surface area contributed by atoms with Gasteiger partial charge in [0.15, 0.2) is 0 Å². The number of imide groups is 1. The molecule has 3 unspecified atom stereocenters. The molecule has 1 aromatic rings. The number of hydrogen-bond donors (Lipinski definition) is 2. The van der Waals surface area contributed by atoms with Crippen LogP contribution in [0.4, 0.5) is 0 Å². The summed E-state index contributed by atoms with van der Waals surface area (Å²) in [6, 6.07) is 7.72. The monoisotopic (exact) mass is 407 g/mol. The average Bonchev–Trinajstić information content (AvgIpc) is 2.91. The second kappa shape index (κ2) is 9.52. The van der Waals surface area contributed by atoms with Gasteiger partial charge in [0.2, 0.25) is 17.7 Å². The number of fused-ring (bicyclic) bond motifs is 1. The van der Waals surface area contributed by atoms with Gasteiger partial charge in [0, 0.05) is 12.6 Å². The Bertz CT molecular complexity index is 696. The van der Waals surface area contributed by atoms with Gasteiger partial charge in [-0.1, -0.05) is 51.0 Å². The molecule has 1 aromatic carbocycles. The van der Waals surface area contributed by atoms with Gasteiger partial charge in [-0.2, -0.15) is 0 Å². The molecule has 3 rings (SSSR count). The van der Waals surface area contributed by atoms with Crippen LogP contribution >= 0.6 is 12.4 Å². The fourth-order valence-corrected chi connectivity index (χ4v) is 4.06. The van der Waals surface area contributed by atoms with Crippen LogP contribution in [-0.4, -0.2) is 35.7 Å². The van der Waals surface area contributed by atoms with Gasteiger partial charge >= 0.3 is 0 Å². The zero-order valence-corrected chi connectivity index (χ0v) is 17.3. The van der Waals surface area contributed by atoms with E-state index in [1.54, 1.807) is 0 Å². The van der Waals surface area contributed by atoms with Gasteiger partial charge in [-0.15, -0.1) is 12.4 Å². The standard InChI is InChI=1S/C21H29N3O3.ClH/c1-13(2)14-7-9-15(10-8-14)18(22)11-23-19(25)12-24-20(26)16-5-3-4-6-17(16)21(24)27;/h7-10,13,16-18H,3-6,11-12,22H2,1-2H3,(H,23,25);1H. The van der Waals surface area contributed by atoms with E-state index in [4.69, 9.17) is 5.73 Å². The molecule has 1 saturated carbocycles. The third-order valence-corrected chi connectivity index (χ3v) is 5.78. The zero-order chi connectivity index (χ0) is 19.6. The van der Waals surface area contributed by atoms with Gasteiger partial charge in [-0.25, -0.2) is 0 Å². The smallest absolute Gasteiger partial charge is 0.240 e. The first-order valence-corrected chi connectivity index (χ1v) is 9.86. The summed E-state index contributed by atoms with van der Waals surface area (Å²) in [4.78, 5) is 38.3. The summed E-state index contributed by atoms with van der Waals surface area (Å²) in [5.74, 6) is -0.706. The molecule has 2 aliphatic rings. The van der Waals surface area contributed by atoms with E-state index in [0.29, 0.717) is 5.92 Å². The second-order valence-corrected chi connectivity index (χ2v) is 7.99. The summed E-state index contributed by atoms with van der Waals surface area (Å²) in [6.45, 7) is 4.32. The van der Waals surface area contributed by atoms with Crippen LogP contribution in [0.25, 0.3) is 0 Å². The molecule has 0 aromatic heterocycles. The van der Waals surface area contributed by atoms with E-state index < -0.39 is 0 Å². The van der Waals surface area contributed by atoms with Crippen molar-refractivity contribution in [1.29, 1.82) is 0 Å². The Balaban J connectivity index is 0.00000280. The van der Waals surface area contributed by atoms with Crippen molar-refractivity contribution < 1.29 is 14.4 Å². The van der Waals surface area contributed by atoms with E-state index >= 15 is 0 Å². The molecule has 3 N–H and O–H groups in total. The first kappa shape index (κ1) is 22.4. The van der Waals surface area contributed by atoms with Crippen LogP contribution in [0, 0.1) is 11.8 Å². The molecule has 3 atom stereocenters. The second-order valence-electron chi connectivity index (χ2n) is 7.99. The molecule has 6 nitrogen and oxygen atoms in total. The number of nitrogens with one attached hydrogen (secondary N) is 1. The Morgan fingerprint density at radius 3 is 2.07 bits per heavy atom. The van der Waals surface area contributed by atoms with E-state index in [9.17, 15) is 14.4 Å². The van der Waals surface area contributed by atoms with Gasteiger partial charge in [0.25, 0.3) is 0 Å². The summed E-state index contributed by atoms with van der Waals surface area (Å²) < 4.78 is 0. The predicted molar refractivity (Wildman–Crippen MR) is 110 cm³/mol. The van der Waals surface area contributed by atoms with Gasteiger partial charge in [-0.05, 0) is 29.9 Å². The Kier molecular flexibility index (Phi) is 7.61. The van der Waals surface area contributed by atoms with Crippen LogP contribution in [0.3, 0.4) is 0 Å². The summed E-state index contributed by atoms with van der Waals surface area (Å²) in [5, 5.41) is 2.76. The quantitative estimate of drug-likeness (QED) is 0.708. The predicted octanol–water partition coefficient (Wildman–Crippen LogP) is 2.52. The highest BCUT2D eigenvalue weighted by Crippen LogP contribution is 2.37. The minimum Gasteiger partial charge on any atom is -0.353 e. The van der Waals surface area contributed by atoms with Gasteiger partial charge < -0.3 is 11.1 Å². The zero-order valence-electron chi connectivity index (χ0n) is 16.5. The lowest BCUT2D eigenvalue weighted by Crippen LogP contribution is -2.42. The molecule has 0 bridgehead atoms. The van der Waals surface area contributed by atoms with Gasteiger partial charge in [-0.3, -0.25) is 19.3 Å². The minimum atomic E-state index is -0.343. The Morgan fingerprint density at radius 2 is 1.57 bits per heavy atom. The van der Waals surface area contributed by atoms with E-state index in [1.165, 1.54) is 5.56 Å². The van der Waals surface area contributed by atoms with Crippen molar-refractivity contribution in [3.8, 4) is 0 Å². The first-order chi connectivity index (χ1) is 12.9. The summed E-state index contributed by atoms with van der Waals surface area (Å²) in [6.07, 6.45) is 3.46. The number of carbonyl (C=O) groups excluding carboxylic acids is 3. The largest absolute Gasteiger partial charge is 0.353 e. The number of halogens is 1. The number of nitrogens with two attached hydrogens (primary N) is 1. The molecule has 2 fully saturated rings. The van der Waals surface area contributed by atoms with E-state index in [0.717, 1.165) is 36.1 Å². The van der Waals surface area contributed by atoms with E-state index in [2.05, 4.69) is 19.2 Å². The fraction of sp³-hybridized carbons (Fsp3) is 0.571. The lowest BCUT2D eigenvalue weighted by atomic mass is 9.81. The van der Waals surface area contributed by atoms with Crippen molar-refractivity contribution in [2.45, 2.75) is 51.5 Å². The molecule has 0 spiro atoms. The molecule has 7 heteroatoms. The molecule has 3 amide bonds. The molecule has 1 heterocycles. The molecular weight excluding hydrogens is 378 g/mol. The maximum absolute atomic E-state index is 12.4. The first-order valence-electron chi connectivity index (χ1n) is 9.86. The number of nitrogens with zero attached hydrogens (tertiary/aromatic N) is 1. The highest BCUT2D eigenvalue weighted by atomic mass is 35.5. The van der Waals surface area contributed by atoms with Crippen LogP contribution in [0.1, 0.15) is 62.6 Å². The topological polar surface area (TPSA) is 92.5 Å². The molecule has 1 saturated heterocycles. The lowest BCUT2D eigenvalue weighted by Gasteiger charge is -2.19. The number of carbonyl (C=O) groups is 3. The van der Waals surface area contributed by atoms with Crippen molar-refractivity contribution in [1.82, 2.24) is 10.2 Å². The van der Waals surface area contributed by atoms with Crippen LogP contribution in [0.5, 0.6) is 0 Å². The van der Waals surface area contributed by atoms with Crippen LogP contribution in [0.2, 0.25) is 0 Å². The fourth-order valence-electron chi connectivity index (χ4n) is 4.06. The molecule has 28 heavy (non-hydrogen) atoms. The van der Waals surface area contributed by atoms with E-state index in [-0.39, 0.29) is 61.1 Å². The number of hydrogen-bond acceptors (Lipinski definition) is 4. The summed E-state index contributed by atoms with van der Waals surface area (Å²) in [5.41, 5.74) is 8.35. The van der Waals surface area contributed by atoms with Gasteiger partial charge in [0.1, 0.15) is 6.54 Å². The molecular formula is C21H30ClN3O3. The Hall–Kier alpha value is -1.92. The van der Waals surface area contributed by atoms with Crippen LogP contribution in [-0.2, 0) is 14.4 Å². The highest BCUT2D eigenvalue weighted by Gasteiger charge is 2.48. The van der Waals surface area contributed by atoms with Crippen LogP contribution in [0.15, 0.2) is 24.3 Å². The average molecular weight is 408 g/mol. The van der Waals surface area contributed by atoms with Crippen molar-refractivity contribution in [2.24, 2.45) is 17.6 Å². The molecule has 154 valence electrons. The normalized spacial score (nSPS) is 22.6. The number of rotatable bonds is 6. The molecule has 1 aliphatic heterocycles. The third kappa shape index (κ3) is 4.73. The number of amides is 3. The maximum Gasteiger partial charge on any atom is 0.240 e. The molecule has 0 radical (unpaired) electrons. The van der Waals surface area contributed by atoms with Crippen molar-refractivity contribution in [3.63, 3.8) is 0 Å². The van der Waals surface area contributed by atoms with Crippen molar-refractivity contribution >= 4 is 30.1 Å². The van der Waals surface area contributed by atoms with E-state index in [1.807, 2.05) is 24.3 Å².